The number of hydrogen-bond donors (Lipinski definition) is 0. The number of aromatic nitrogens is 1. The molecular formula is C18H14N2O3. The minimum atomic E-state index is -0.161. The Labute approximate surface area is 132 Å². The Morgan fingerprint density at radius 2 is 1.65 bits per heavy atom. The molecule has 2 bridgehead atoms. The second-order valence-electron chi connectivity index (χ2n) is 6.42. The molecule has 23 heavy (non-hydrogen) atoms. The first-order valence-corrected chi connectivity index (χ1v) is 7.79. The molecule has 5 rings (SSSR count). The van der Waals surface area contributed by atoms with Crippen LogP contribution in [0.15, 0.2) is 53.4 Å². The molecule has 2 amide bonds. The van der Waals surface area contributed by atoms with E-state index in [1.54, 1.807) is 18.3 Å². The van der Waals surface area contributed by atoms with Gasteiger partial charge < -0.3 is 4.42 Å². The van der Waals surface area contributed by atoms with E-state index in [-0.39, 0.29) is 35.5 Å². The Bertz CT molecular complexity index is 792. The van der Waals surface area contributed by atoms with E-state index in [9.17, 15) is 9.59 Å². The summed E-state index contributed by atoms with van der Waals surface area (Å²) in [6, 6.07) is 7.28. The number of oxazole rings is 1. The number of rotatable bonds is 2. The normalized spacial score (nSPS) is 31.2. The molecule has 114 valence electrons. The molecule has 2 heterocycles. The number of anilines is 1. The minimum Gasteiger partial charge on any atom is -0.444 e. The first kappa shape index (κ1) is 12.8. The van der Waals surface area contributed by atoms with E-state index in [1.807, 2.05) is 12.1 Å². The monoisotopic (exact) mass is 306 g/mol. The maximum atomic E-state index is 12.7. The molecule has 1 aromatic carbocycles. The van der Waals surface area contributed by atoms with Crippen molar-refractivity contribution < 1.29 is 14.0 Å². The first-order valence-electron chi connectivity index (χ1n) is 7.79. The van der Waals surface area contributed by atoms with Gasteiger partial charge in [0.05, 0.1) is 23.7 Å². The number of imide groups is 1. The molecule has 2 fully saturated rings. The highest BCUT2D eigenvalue weighted by atomic mass is 16.3. The molecule has 0 spiro atoms. The fourth-order valence-electron chi connectivity index (χ4n) is 4.29. The molecule has 0 unspecified atom stereocenters. The zero-order valence-electron chi connectivity index (χ0n) is 12.3. The SMILES string of the molecule is O=C1[C@@H]2[C@H](C(=O)N1c1ccc(-c3cnco3)cc1)[C@@H]1C=C[C@H]2C1. The predicted octanol–water partition coefficient (Wildman–Crippen LogP) is 2.65. The van der Waals surface area contributed by atoms with Crippen LogP contribution in [0.1, 0.15) is 6.42 Å². The van der Waals surface area contributed by atoms with Crippen LogP contribution in [0.4, 0.5) is 5.69 Å². The molecule has 1 saturated heterocycles. The molecule has 1 saturated carbocycles. The molecule has 4 atom stereocenters. The van der Waals surface area contributed by atoms with E-state index in [1.165, 1.54) is 11.3 Å². The van der Waals surface area contributed by atoms with Crippen molar-refractivity contribution in [3.05, 3.63) is 49.0 Å². The van der Waals surface area contributed by atoms with Crippen LogP contribution in [0.25, 0.3) is 11.3 Å². The maximum Gasteiger partial charge on any atom is 0.238 e. The van der Waals surface area contributed by atoms with E-state index < -0.39 is 0 Å². The highest BCUT2D eigenvalue weighted by Crippen LogP contribution is 2.53. The van der Waals surface area contributed by atoms with E-state index in [4.69, 9.17) is 4.42 Å². The Balaban J connectivity index is 1.49. The van der Waals surface area contributed by atoms with Gasteiger partial charge in [-0.1, -0.05) is 12.2 Å². The zero-order chi connectivity index (χ0) is 15.6. The third-order valence-electron chi connectivity index (χ3n) is 5.31. The van der Waals surface area contributed by atoms with Gasteiger partial charge in [0.1, 0.15) is 0 Å². The topological polar surface area (TPSA) is 63.4 Å². The molecule has 2 aromatic rings. The van der Waals surface area contributed by atoms with Gasteiger partial charge in [0.25, 0.3) is 0 Å². The van der Waals surface area contributed by atoms with Crippen molar-refractivity contribution in [2.45, 2.75) is 6.42 Å². The van der Waals surface area contributed by atoms with Gasteiger partial charge in [-0.05, 0) is 42.5 Å². The van der Waals surface area contributed by atoms with Crippen LogP contribution in [0.2, 0.25) is 0 Å². The summed E-state index contributed by atoms with van der Waals surface area (Å²) < 4.78 is 5.26. The molecule has 1 aliphatic heterocycles. The smallest absolute Gasteiger partial charge is 0.238 e. The Morgan fingerprint density at radius 1 is 1.00 bits per heavy atom. The van der Waals surface area contributed by atoms with Gasteiger partial charge in [0, 0.05) is 5.56 Å². The van der Waals surface area contributed by atoms with Gasteiger partial charge in [0.2, 0.25) is 11.8 Å². The summed E-state index contributed by atoms with van der Waals surface area (Å²) in [6.07, 6.45) is 8.17. The number of nitrogens with zero attached hydrogens (tertiary/aromatic N) is 2. The fraction of sp³-hybridized carbons (Fsp3) is 0.278. The van der Waals surface area contributed by atoms with Gasteiger partial charge in [-0.2, -0.15) is 0 Å². The average molecular weight is 306 g/mol. The van der Waals surface area contributed by atoms with Crippen LogP contribution in [0, 0.1) is 23.7 Å². The van der Waals surface area contributed by atoms with Crippen LogP contribution in [-0.4, -0.2) is 16.8 Å². The summed E-state index contributed by atoms with van der Waals surface area (Å²) in [5.74, 6) is 0.709. The number of benzene rings is 1. The van der Waals surface area contributed by atoms with E-state index in [0.717, 1.165) is 12.0 Å². The van der Waals surface area contributed by atoms with Gasteiger partial charge in [0.15, 0.2) is 12.2 Å². The van der Waals surface area contributed by atoms with Crippen LogP contribution >= 0.6 is 0 Å². The number of amides is 2. The Morgan fingerprint density at radius 3 is 2.22 bits per heavy atom. The van der Waals surface area contributed by atoms with Gasteiger partial charge in [-0.25, -0.2) is 4.98 Å². The summed E-state index contributed by atoms with van der Waals surface area (Å²) in [6.45, 7) is 0. The van der Waals surface area contributed by atoms with E-state index in [0.29, 0.717) is 11.4 Å². The lowest BCUT2D eigenvalue weighted by Gasteiger charge is -2.17. The van der Waals surface area contributed by atoms with Crippen molar-refractivity contribution in [2.75, 3.05) is 4.90 Å². The molecule has 0 N–H and O–H groups in total. The molecule has 0 radical (unpaired) electrons. The quantitative estimate of drug-likeness (QED) is 0.632. The lowest BCUT2D eigenvalue weighted by Crippen LogP contribution is -2.32. The predicted molar refractivity (Wildman–Crippen MR) is 82.1 cm³/mol. The van der Waals surface area contributed by atoms with Gasteiger partial charge in [-0.15, -0.1) is 0 Å². The van der Waals surface area contributed by atoms with Crippen molar-refractivity contribution in [3.8, 4) is 11.3 Å². The molecule has 5 heteroatoms. The highest BCUT2D eigenvalue weighted by Gasteiger charge is 2.59. The van der Waals surface area contributed by atoms with Crippen molar-refractivity contribution in [1.82, 2.24) is 4.98 Å². The summed E-state index contributed by atoms with van der Waals surface area (Å²) >= 11 is 0. The molecule has 1 aromatic heterocycles. The zero-order valence-corrected chi connectivity index (χ0v) is 12.3. The van der Waals surface area contributed by atoms with Gasteiger partial charge in [-0.3, -0.25) is 14.5 Å². The fourth-order valence-corrected chi connectivity index (χ4v) is 4.29. The highest BCUT2D eigenvalue weighted by molar-refractivity contribution is 6.22. The first-order chi connectivity index (χ1) is 11.2. The number of hydrogen-bond acceptors (Lipinski definition) is 4. The van der Waals surface area contributed by atoms with Crippen molar-refractivity contribution >= 4 is 17.5 Å². The van der Waals surface area contributed by atoms with Crippen LogP contribution in [-0.2, 0) is 9.59 Å². The molecule has 3 aliphatic rings. The summed E-state index contributed by atoms with van der Waals surface area (Å²) in [7, 11) is 0. The number of fused-ring (bicyclic) bond motifs is 5. The number of allylic oxidation sites excluding steroid dienone is 2. The molecule has 5 nitrogen and oxygen atoms in total. The Hall–Kier alpha value is -2.69. The lowest BCUT2D eigenvalue weighted by atomic mass is 9.85. The second kappa shape index (κ2) is 4.41. The van der Waals surface area contributed by atoms with Crippen molar-refractivity contribution in [2.24, 2.45) is 23.7 Å². The van der Waals surface area contributed by atoms with E-state index >= 15 is 0 Å². The summed E-state index contributed by atoms with van der Waals surface area (Å²) in [5.41, 5.74) is 1.50. The lowest BCUT2D eigenvalue weighted by molar-refractivity contribution is -0.123. The Kier molecular flexibility index (Phi) is 2.46. The second-order valence-corrected chi connectivity index (χ2v) is 6.42. The minimum absolute atomic E-state index is 0.0516. The summed E-state index contributed by atoms with van der Waals surface area (Å²) in [4.78, 5) is 30.7. The third kappa shape index (κ3) is 1.64. The van der Waals surface area contributed by atoms with Crippen molar-refractivity contribution in [3.63, 3.8) is 0 Å². The van der Waals surface area contributed by atoms with E-state index in [2.05, 4.69) is 17.1 Å². The number of carbonyl (C=O) groups is 2. The van der Waals surface area contributed by atoms with Crippen LogP contribution in [0.3, 0.4) is 0 Å². The molecule has 2 aliphatic carbocycles. The van der Waals surface area contributed by atoms with Gasteiger partial charge >= 0.3 is 0 Å². The third-order valence-corrected chi connectivity index (χ3v) is 5.31. The standard InChI is InChI=1S/C18H14N2O3/c21-17-15-11-1-2-12(7-11)16(15)18(22)20(17)13-5-3-10(4-6-13)14-8-19-9-23-14/h1-6,8-9,11-12,15-16H,7H2/t11-,12+,15-,16+. The van der Waals surface area contributed by atoms with Crippen LogP contribution in [0.5, 0.6) is 0 Å². The van der Waals surface area contributed by atoms with Crippen LogP contribution < -0.4 is 4.90 Å². The van der Waals surface area contributed by atoms with Crippen molar-refractivity contribution in [1.29, 1.82) is 0 Å². The maximum absolute atomic E-state index is 12.7. The largest absolute Gasteiger partial charge is 0.444 e. The average Bonchev–Trinajstić information content (AvgIpc) is 3.33. The number of carbonyl (C=O) groups excluding carboxylic acids is 2. The molecular weight excluding hydrogens is 292 g/mol. The summed E-state index contributed by atoms with van der Waals surface area (Å²) in [5, 5.41) is 0.